The summed E-state index contributed by atoms with van der Waals surface area (Å²) in [6.45, 7) is 1.58. The van der Waals surface area contributed by atoms with Crippen molar-refractivity contribution in [1.29, 1.82) is 0 Å². The topological polar surface area (TPSA) is 55.1 Å². The van der Waals surface area contributed by atoms with Crippen molar-refractivity contribution in [1.82, 2.24) is 5.32 Å². The van der Waals surface area contributed by atoms with Gasteiger partial charge in [-0.25, -0.2) is 4.39 Å². The van der Waals surface area contributed by atoms with E-state index < -0.39 is 11.7 Å². The molecule has 0 spiro atoms. The lowest BCUT2D eigenvalue weighted by molar-refractivity contribution is 0.0960. The maximum atomic E-state index is 13.4. The molecule has 0 bridgehead atoms. The van der Waals surface area contributed by atoms with E-state index >= 15 is 0 Å². The summed E-state index contributed by atoms with van der Waals surface area (Å²) in [6.07, 6.45) is 0. The van der Waals surface area contributed by atoms with Gasteiger partial charge in [0.2, 0.25) is 0 Å². The number of aryl methyl sites for hydroxylation is 1. The number of nitrogens with two attached hydrogens (primary N) is 1. The van der Waals surface area contributed by atoms with E-state index in [4.69, 9.17) is 5.73 Å². The molecule has 3 N–H and O–H groups in total. The zero-order chi connectivity index (χ0) is 10.0. The van der Waals surface area contributed by atoms with E-state index in [2.05, 4.69) is 5.32 Å². The number of hydrogen-bond donors (Lipinski definition) is 2. The second kappa shape index (κ2) is 3.43. The Balaban J connectivity index is 3.33. The van der Waals surface area contributed by atoms with Gasteiger partial charge in [-0.1, -0.05) is 6.07 Å². The second-order valence-electron chi connectivity index (χ2n) is 2.74. The Kier molecular flexibility index (Phi) is 2.51. The molecule has 0 radical (unpaired) electrons. The van der Waals surface area contributed by atoms with Crippen LogP contribution in [0.4, 0.5) is 10.1 Å². The zero-order valence-electron chi connectivity index (χ0n) is 7.52. The van der Waals surface area contributed by atoms with Crippen LogP contribution in [0.15, 0.2) is 12.1 Å². The first-order valence-corrected chi connectivity index (χ1v) is 3.84. The summed E-state index contributed by atoms with van der Waals surface area (Å²) in [7, 11) is 1.43. The van der Waals surface area contributed by atoms with E-state index in [-0.39, 0.29) is 11.3 Å². The SMILES string of the molecule is CNC(=O)c1c(N)ccc(C)c1F. The summed E-state index contributed by atoms with van der Waals surface area (Å²) in [5.74, 6) is -1.06. The number of carbonyl (C=O) groups excluding carboxylic acids is 1. The van der Waals surface area contributed by atoms with Crippen LogP contribution in [-0.2, 0) is 0 Å². The molecule has 0 saturated heterocycles. The predicted octanol–water partition coefficient (Wildman–Crippen LogP) is 1.08. The van der Waals surface area contributed by atoms with Crippen LogP contribution >= 0.6 is 0 Å². The molecule has 0 unspecified atom stereocenters. The third-order valence-electron chi connectivity index (χ3n) is 1.82. The molecule has 1 rings (SSSR count). The van der Waals surface area contributed by atoms with Gasteiger partial charge in [0, 0.05) is 12.7 Å². The zero-order valence-corrected chi connectivity index (χ0v) is 7.52. The van der Waals surface area contributed by atoms with Crippen molar-refractivity contribution < 1.29 is 9.18 Å². The Bertz CT molecular complexity index is 350. The molecular weight excluding hydrogens is 171 g/mol. The van der Waals surface area contributed by atoms with Gasteiger partial charge in [0.25, 0.3) is 5.91 Å². The Morgan fingerprint density at radius 1 is 1.54 bits per heavy atom. The van der Waals surface area contributed by atoms with Crippen LogP contribution in [0.1, 0.15) is 15.9 Å². The summed E-state index contributed by atoms with van der Waals surface area (Å²) in [5, 5.41) is 2.33. The molecule has 0 aliphatic carbocycles. The van der Waals surface area contributed by atoms with Gasteiger partial charge in [-0.3, -0.25) is 4.79 Å². The molecule has 1 aromatic rings. The molecule has 3 nitrogen and oxygen atoms in total. The highest BCUT2D eigenvalue weighted by molar-refractivity contribution is 5.99. The molecule has 1 amide bonds. The van der Waals surface area contributed by atoms with Gasteiger partial charge < -0.3 is 11.1 Å². The summed E-state index contributed by atoms with van der Waals surface area (Å²) < 4.78 is 13.4. The molecule has 70 valence electrons. The maximum absolute atomic E-state index is 13.4. The van der Waals surface area contributed by atoms with Gasteiger partial charge in [0.15, 0.2) is 0 Å². The molecule has 1 aromatic carbocycles. The fourth-order valence-electron chi connectivity index (χ4n) is 1.05. The minimum absolute atomic E-state index is 0.0810. The van der Waals surface area contributed by atoms with Crippen molar-refractivity contribution in [2.45, 2.75) is 6.92 Å². The van der Waals surface area contributed by atoms with Crippen molar-refractivity contribution in [2.24, 2.45) is 0 Å². The number of hydrogen-bond acceptors (Lipinski definition) is 2. The average molecular weight is 182 g/mol. The molecule has 4 heteroatoms. The summed E-state index contributed by atoms with van der Waals surface area (Å²) in [4.78, 5) is 11.2. The Labute approximate surface area is 75.7 Å². The van der Waals surface area contributed by atoms with E-state index in [1.165, 1.54) is 19.2 Å². The third-order valence-corrected chi connectivity index (χ3v) is 1.82. The van der Waals surface area contributed by atoms with Gasteiger partial charge >= 0.3 is 0 Å². The van der Waals surface area contributed by atoms with Gasteiger partial charge in [-0.05, 0) is 18.6 Å². The highest BCUT2D eigenvalue weighted by atomic mass is 19.1. The van der Waals surface area contributed by atoms with Gasteiger partial charge in [0.05, 0.1) is 5.56 Å². The van der Waals surface area contributed by atoms with Gasteiger partial charge in [-0.15, -0.1) is 0 Å². The number of nitrogens with one attached hydrogen (secondary N) is 1. The van der Waals surface area contributed by atoms with Crippen LogP contribution < -0.4 is 11.1 Å². The number of benzene rings is 1. The first-order chi connectivity index (χ1) is 6.07. The largest absolute Gasteiger partial charge is 0.398 e. The minimum Gasteiger partial charge on any atom is -0.398 e. The number of nitrogen functional groups attached to an aromatic ring is 1. The summed E-state index contributed by atoms with van der Waals surface area (Å²) in [6, 6.07) is 3.06. The lowest BCUT2D eigenvalue weighted by Crippen LogP contribution is -2.21. The van der Waals surface area contributed by atoms with Crippen molar-refractivity contribution in [2.75, 3.05) is 12.8 Å². The molecule has 0 aliphatic rings. The molecule has 0 aliphatic heterocycles. The lowest BCUT2D eigenvalue weighted by Gasteiger charge is -2.07. The number of halogens is 1. The first-order valence-electron chi connectivity index (χ1n) is 3.84. The normalized spacial score (nSPS) is 9.77. The minimum atomic E-state index is -0.556. The molecule has 0 saturated carbocycles. The lowest BCUT2D eigenvalue weighted by atomic mass is 10.1. The first kappa shape index (κ1) is 9.51. The molecule has 0 heterocycles. The van der Waals surface area contributed by atoms with Crippen molar-refractivity contribution in [3.63, 3.8) is 0 Å². The second-order valence-corrected chi connectivity index (χ2v) is 2.74. The maximum Gasteiger partial charge on any atom is 0.256 e. The number of rotatable bonds is 1. The van der Waals surface area contributed by atoms with Crippen molar-refractivity contribution >= 4 is 11.6 Å². The average Bonchev–Trinajstić information content (AvgIpc) is 2.12. The summed E-state index contributed by atoms with van der Waals surface area (Å²) in [5.41, 5.74) is 5.95. The summed E-state index contributed by atoms with van der Waals surface area (Å²) >= 11 is 0. The number of anilines is 1. The van der Waals surface area contributed by atoms with Crippen LogP contribution in [-0.4, -0.2) is 13.0 Å². The molecule has 13 heavy (non-hydrogen) atoms. The van der Waals surface area contributed by atoms with Crippen LogP contribution in [0.2, 0.25) is 0 Å². The van der Waals surface area contributed by atoms with Crippen LogP contribution in [0.3, 0.4) is 0 Å². The highest BCUT2D eigenvalue weighted by Crippen LogP contribution is 2.18. The molecular formula is C9H11FN2O. The molecule has 0 fully saturated rings. The van der Waals surface area contributed by atoms with E-state index in [9.17, 15) is 9.18 Å². The van der Waals surface area contributed by atoms with E-state index in [0.717, 1.165) is 0 Å². The van der Waals surface area contributed by atoms with Crippen molar-refractivity contribution in [3.05, 3.63) is 29.1 Å². The highest BCUT2D eigenvalue weighted by Gasteiger charge is 2.15. The van der Waals surface area contributed by atoms with E-state index in [0.29, 0.717) is 5.56 Å². The quantitative estimate of drug-likeness (QED) is 0.638. The smallest absolute Gasteiger partial charge is 0.256 e. The van der Waals surface area contributed by atoms with Crippen LogP contribution in [0, 0.1) is 12.7 Å². The molecule has 0 atom stereocenters. The van der Waals surface area contributed by atoms with Crippen LogP contribution in [0.25, 0.3) is 0 Å². The van der Waals surface area contributed by atoms with E-state index in [1.807, 2.05) is 0 Å². The third kappa shape index (κ3) is 1.61. The monoisotopic (exact) mass is 182 g/mol. The fourth-order valence-corrected chi connectivity index (χ4v) is 1.05. The van der Waals surface area contributed by atoms with Crippen LogP contribution in [0.5, 0.6) is 0 Å². The Hall–Kier alpha value is -1.58. The Morgan fingerprint density at radius 3 is 2.69 bits per heavy atom. The predicted molar refractivity (Wildman–Crippen MR) is 48.9 cm³/mol. The van der Waals surface area contributed by atoms with Gasteiger partial charge in [0.1, 0.15) is 5.82 Å². The number of amides is 1. The van der Waals surface area contributed by atoms with Crippen molar-refractivity contribution in [3.8, 4) is 0 Å². The van der Waals surface area contributed by atoms with E-state index in [1.54, 1.807) is 6.92 Å². The van der Waals surface area contributed by atoms with Gasteiger partial charge in [-0.2, -0.15) is 0 Å². The fraction of sp³-hybridized carbons (Fsp3) is 0.222. The number of carbonyl (C=O) groups is 1. The Morgan fingerprint density at radius 2 is 2.15 bits per heavy atom. The molecule has 0 aromatic heterocycles. The standard InChI is InChI=1S/C9H11FN2O/c1-5-3-4-6(11)7(8(5)10)9(13)12-2/h3-4H,11H2,1-2H3,(H,12,13).